The van der Waals surface area contributed by atoms with E-state index in [1.807, 2.05) is 30.3 Å². The highest BCUT2D eigenvalue weighted by Gasteiger charge is 2.42. The molecule has 1 N–H and O–H groups in total. The van der Waals surface area contributed by atoms with Gasteiger partial charge < -0.3 is 19.7 Å². The van der Waals surface area contributed by atoms with E-state index in [9.17, 15) is 9.59 Å². The molecule has 2 fully saturated rings. The number of benzene rings is 2. The molecule has 0 unspecified atom stereocenters. The number of ether oxygens (including phenoxy) is 2. The number of nitrogens with one attached hydrogen (secondary N) is 1. The quantitative estimate of drug-likeness (QED) is 0.835. The molecule has 1 aliphatic carbocycles. The van der Waals surface area contributed by atoms with Crippen LogP contribution in [0.25, 0.3) is 0 Å². The lowest BCUT2D eigenvalue weighted by atomic mass is 9.94. The summed E-state index contributed by atoms with van der Waals surface area (Å²) in [4.78, 5) is 26.5. The summed E-state index contributed by atoms with van der Waals surface area (Å²) in [7, 11) is 0. The minimum absolute atomic E-state index is 0.106. The average Bonchev–Trinajstić information content (AvgIpc) is 3.31. The monoisotopic (exact) mass is 392 g/mol. The second kappa shape index (κ2) is 7.10. The topological polar surface area (TPSA) is 67.9 Å². The van der Waals surface area contributed by atoms with Crippen LogP contribution in [0.15, 0.2) is 42.5 Å². The van der Waals surface area contributed by atoms with Crippen LogP contribution in [0, 0.1) is 0 Å². The highest BCUT2D eigenvalue weighted by molar-refractivity contribution is 6.05. The fraction of sp³-hybridized carbons (Fsp3) is 0.391. The van der Waals surface area contributed by atoms with Gasteiger partial charge in [0.05, 0.1) is 0 Å². The van der Waals surface area contributed by atoms with Gasteiger partial charge in [-0.25, -0.2) is 0 Å². The third kappa shape index (κ3) is 3.43. The van der Waals surface area contributed by atoms with Crippen molar-refractivity contribution in [3.63, 3.8) is 0 Å². The molecule has 0 bridgehead atoms. The predicted octanol–water partition coefficient (Wildman–Crippen LogP) is 4.50. The summed E-state index contributed by atoms with van der Waals surface area (Å²) in [6, 6.07) is 12.7. The fourth-order valence-corrected chi connectivity index (χ4v) is 4.41. The van der Waals surface area contributed by atoms with Crippen molar-refractivity contribution >= 4 is 23.2 Å². The smallest absolute Gasteiger partial charge is 0.255 e. The number of hydrogen-bond donors (Lipinski definition) is 1. The van der Waals surface area contributed by atoms with Crippen molar-refractivity contribution in [3.05, 3.63) is 48.0 Å². The molecule has 1 saturated heterocycles. The van der Waals surface area contributed by atoms with E-state index in [0.29, 0.717) is 30.0 Å². The summed E-state index contributed by atoms with van der Waals surface area (Å²) in [6.45, 7) is 0.702. The summed E-state index contributed by atoms with van der Waals surface area (Å²) >= 11 is 0. The first-order valence-electron chi connectivity index (χ1n) is 10.4. The second-order valence-corrected chi connectivity index (χ2v) is 7.99. The molecule has 1 saturated carbocycles. The van der Waals surface area contributed by atoms with Crippen LogP contribution >= 0.6 is 0 Å². The Bertz CT molecular complexity index is 965. The van der Waals surface area contributed by atoms with E-state index in [0.717, 1.165) is 43.5 Å². The molecule has 2 heterocycles. The molecule has 6 heteroatoms. The van der Waals surface area contributed by atoms with Crippen LogP contribution in [0.5, 0.6) is 11.5 Å². The number of nitrogens with zero attached hydrogens (tertiary/aromatic N) is 1. The van der Waals surface area contributed by atoms with E-state index < -0.39 is 5.79 Å². The normalized spacial score (nSPS) is 19.6. The lowest BCUT2D eigenvalue weighted by Gasteiger charge is -2.31. The van der Waals surface area contributed by atoms with Crippen LogP contribution in [-0.2, 0) is 4.79 Å². The molecule has 5 rings (SSSR count). The zero-order chi connectivity index (χ0) is 19.8. The van der Waals surface area contributed by atoms with E-state index in [2.05, 4.69) is 5.32 Å². The number of amides is 2. The van der Waals surface area contributed by atoms with Gasteiger partial charge in [0.1, 0.15) is 0 Å². The van der Waals surface area contributed by atoms with Gasteiger partial charge in [0.15, 0.2) is 11.5 Å². The van der Waals surface area contributed by atoms with E-state index in [-0.39, 0.29) is 11.8 Å². The van der Waals surface area contributed by atoms with Gasteiger partial charge in [0.2, 0.25) is 5.91 Å². The summed E-state index contributed by atoms with van der Waals surface area (Å²) in [5.74, 6) is 0.778. The van der Waals surface area contributed by atoms with E-state index in [1.54, 1.807) is 17.0 Å². The van der Waals surface area contributed by atoms with Crippen molar-refractivity contribution in [2.45, 2.75) is 50.7 Å². The first-order chi connectivity index (χ1) is 14.1. The molecule has 6 nitrogen and oxygen atoms in total. The number of fused-ring (bicyclic) bond motifs is 1. The van der Waals surface area contributed by atoms with Crippen LogP contribution in [0.4, 0.5) is 11.4 Å². The van der Waals surface area contributed by atoms with Gasteiger partial charge in [-0.15, -0.1) is 0 Å². The number of carbonyl (C=O) groups excluding carboxylic acids is 2. The van der Waals surface area contributed by atoms with Crippen molar-refractivity contribution in [3.8, 4) is 11.5 Å². The Kier molecular flexibility index (Phi) is 4.42. The highest BCUT2D eigenvalue weighted by Crippen LogP contribution is 2.46. The molecule has 29 heavy (non-hydrogen) atoms. The lowest BCUT2D eigenvalue weighted by molar-refractivity contribution is -0.117. The summed E-state index contributed by atoms with van der Waals surface area (Å²) in [5.41, 5.74) is 1.95. The first-order valence-corrected chi connectivity index (χ1v) is 10.4. The van der Waals surface area contributed by atoms with Crippen molar-refractivity contribution in [1.29, 1.82) is 0 Å². The van der Waals surface area contributed by atoms with Crippen LogP contribution in [0.1, 0.15) is 55.3 Å². The van der Waals surface area contributed by atoms with Crippen molar-refractivity contribution in [2.24, 2.45) is 0 Å². The number of rotatable bonds is 3. The van der Waals surface area contributed by atoms with Gasteiger partial charge in [-0.3, -0.25) is 9.59 Å². The van der Waals surface area contributed by atoms with E-state index in [1.165, 1.54) is 6.42 Å². The lowest BCUT2D eigenvalue weighted by Crippen LogP contribution is -2.40. The van der Waals surface area contributed by atoms with Gasteiger partial charge in [-0.05, 0) is 49.6 Å². The van der Waals surface area contributed by atoms with Gasteiger partial charge in [-0.2, -0.15) is 0 Å². The second-order valence-electron chi connectivity index (χ2n) is 7.99. The number of anilines is 2. The average molecular weight is 392 g/mol. The fourth-order valence-electron chi connectivity index (χ4n) is 4.41. The Morgan fingerprint density at radius 3 is 2.59 bits per heavy atom. The highest BCUT2D eigenvalue weighted by atomic mass is 16.7. The third-order valence-electron chi connectivity index (χ3n) is 5.90. The molecule has 2 amide bonds. The van der Waals surface area contributed by atoms with Crippen molar-refractivity contribution in [1.82, 2.24) is 0 Å². The van der Waals surface area contributed by atoms with Gasteiger partial charge >= 0.3 is 0 Å². The Balaban J connectivity index is 1.31. The number of carbonyl (C=O) groups is 2. The SMILES string of the molecule is O=C(Nc1ccc2c(c1)OC1(CCCCC1)O2)c1cccc(N2CCCC2=O)c1. The van der Waals surface area contributed by atoms with Crippen LogP contribution < -0.4 is 19.7 Å². The molecule has 0 radical (unpaired) electrons. The molecule has 2 aromatic rings. The molecular formula is C23H24N2O4. The Labute approximate surface area is 169 Å². The Morgan fingerprint density at radius 2 is 1.79 bits per heavy atom. The summed E-state index contributed by atoms with van der Waals surface area (Å²) in [6.07, 6.45) is 6.63. The van der Waals surface area contributed by atoms with E-state index >= 15 is 0 Å². The largest absolute Gasteiger partial charge is 0.448 e. The van der Waals surface area contributed by atoms with Crippen molar-refractivity contribution < 1.29 is 19.1 Å². The number of hydrogen-bond acceptors (Lipinski definition) is 4. The van der Waals surface area contributed by atoms with Crippen LogP contribution in [0.3, 0.4) is 0 Å². The van der Waals surface area contributed by atoms with Gasteiger partial charge in [0.25, 0.3) is 11.7 Å². The summed E-state index contributed by atoms with van der Waals surface area (Å²) < 4.78 is 12.2. The minimum atomic E-state index is -0.528. The minimum Gasteiger partial charge on any atom is -0.448 e. The molecule has 150 valence electrons. The molecular weight excluding hydrogens is 368 g/mol. The van der Waals surface area contributed by atoms with Crippen LogP contribution in [0.2, 0.25) is 0 Å². The van der Waals surface area contributed by atoms with Gasteiger partial charge in [0, 0.05) is 48.8 Å². The maximum absolute atomic E-state index is 12.8. The molecule has 0 atom stereocenters. The molecule has 3 aliphatic rings. The van der Waals surface area contributed by atoms with Crippen molar-refractivity contribution in [2.75, 3.05) is 16.8 Å². The molecule has 0 aromatic heterocycles. The predicted molar refractivity (Wildman–Crippen MR) is 109 cm³/mol. The zero-order valence-corrected chi connectivity index (χ0v) is 16.3. The Morgan fingerprint density at radius 1 is 0.966 bits per heavy atom. The van der Waals surface area contributed by atoms with E-state index in [4.69, 9.17) is 9.47 Å². The van der Waals surface area contributed by atoms with Gasteiger partial charge in [-0.1, -0.05) is 12.5 Å². The molecule has 2 aliphatic heterocycles. The Hall–Kier alpha value is -3.02. The first kappa shape index (κ1) is 18.0. The zero-order valence-electron chi connectivity index (χ0n) is 16.3. The van der Waals surface area contributed by atoms with Crippen LogP contribution in [-0.4, -0.2) is 24.1 Å². The molecule has 1 spiro atoms. The molecule has 2 aromatic carbocycles. The maximum Gasteiger partial charge on any atom is 0.255 e. The summed E-state index contributed by atoms with van der Waals surface area (Å²) in [5, 5.41) is 2.93. The third-order valence-corrected chi connectivity index (χ3v) is 5.90. The standard InChI is InChI=1S/C23H24N2O4/c26-21-8-5-13-25(21)18-7-4-6-16(14-18)22(27)24-17-9-10-19-20(15-17)29-23(28-19)11-2-1-3-12-23/h4,6-7,9-10,14-15H,1-3,5,8,11-13H2,(H,24,27). The maximum atomic E-state index is 12.8.